The lowest BCUT2D eigenvalue weighted by Crippen LogP contribution is -2.39. The fourth-order valence-corrected chi connectivity index (χ4v) is 2.41. The second-order valence-electron chi connectivity index (χ2n) is 5.46. The van der Waals surface area contributed by atoms with E-state index < -0.39 is 0 Å². The molecule has 2 N–H and O–H groups in total. The molecule has 22 heavy (non-hydrogen) atoms. The van der Waals surface area contributed by atoms with E-state index in [1.165, 1.54) is 6.42 Å². The summed E-state index contributed by atoms with van der Waals surface area (Å²) in [7, 11) is 1.70. The van der Waals surface area contributed by atoms with Gasteiger partial charge in [0, 0.05) is 24.7 Å². The van der Waals surface area contributed by atoms with Gasteiger partial charge in [-0.05, 0) is 37.0 Å². The molecule has 0 spiro atoms. The highest BCUT2D eigenvalue weighted by atomic mass is 127. The van der Waals surface area contributed by atoms with Crippen molar-refractivity contribution in [3.63, 3.8) is 0 Å². The molecule has 1 aromatic carbocycles. The van der Waals surface area contributed by atoms with E-state index in [0.29, 0.717) is 12.6 Å². The molecule has 0 amide bonds. The predicted octanol–water partition coefficient (Wildman–Crippen LogP) is 3.61. The van der Waals surface area contributed by atoms with Crippen molar-refractivity contribution in [3.05, 3.63) is 34.9 Å². The van der Waals surface area contributed by atoms with Gasteiger partial charge in [0.1, 0.15) is 6.10 Å². The van der Waals surface area contributed by atoms with Crippen molar-refractivity contribution in [2.75, 3.05) is 20.2 Å². The van der Waals surface area contributed by atoms with E-state index in [2.05, 4.69) is 29.5 Å². The quantitative estimate of drug-likeness (QED) is 0.406. The Hall–Kier alpha value is -0.530. The van der Waals surface area contributed by atoms with Crippen molar-refractivity contribution < 1.29 is 4.74 Å². The molecule has 124 valence electrons. The standard InChI is InChI=1S/C16H24ClN3O.HI/c1-4-18-16(20-14-8-11(14)2)19-10-15(21-3)12-6-5-7-13(17)9-12;/h5-7,9,11,14-15H,4,8,10H2,1-3H3,(H2,18,19,20);1H. The number of hydrogen-bond acceptors (Lipinski definition) is 2. The van der Waals surface area contributed by atoms with Crippen molar-refractivity contribution in [2.45, 2.75) is 32.4 Å². The van der Waals surface area contributed by atoms with E-state index in [9.17, 15) is 0 Å². The molecule has 0 radical (unpaired) electrons. The van der Waals surface area contributed by atoms with Crippen LogP contribution < -0.4 is 10.6 Å². The highest BCUT2D eigenvalue weighted by Crippen LogP contribution is 2.28. The van der Waals surface area contributed by atoms with Crippen molar-refractivity contribution in [1.29, 1.82) is 0 Å². The topological polar surface area (TPSA) is 45.7 Å². The van der Waals surface area contributed by atoms with Gasteiger partial charge in [-0.3, -0.25) is 4.99 Å². The van der Waals surface area contributed by atoms with Crippen LogP contribution in [0.15, 0.2) is 29.3 Å². The average molecular weight is 438 g/mol. The van der Waals surface area contributed by atoms with Crippen molar-refractivity contribution in [3.8, 4) is 0 Å². The lowest BCUT2D eigenvalue weighted by atomic mass is 10.1. The predicted molar refractivity (Wildman–Crippen MR) is 103 cm³/mol. The van der Waals surface area contributed by atoms with Gasteiger partial charge >= 0.3 is 0 Å². The number of halogens is 2. The summed E-state index contributed by atoms with van der Waals surface area (Å²) >= 11 is 6.04. The molecule has 1 fully saturated rings. The van der Waals surface area contributed by atoms with Crippen LogP contribution in [0.3, 0.4) is 0 Å². The summed E-state index contributed by atoms with van der Waals surface area (Å²) in [6.07, 6.45) is 1.13. The third kappa shape index (κ3) is 5.93. The van der Waals surface area contributed by atoms with Crippen molar-refractivity contribution in [1.82, 2.24) is 10.6 Å². The summed E-state index contributed by atoms with van der Waals surface area (Å²) in [6, 6.07) is 8.28. The minimum Gasteiger partial charge on any atom is -0.375 e. The van der Waals surface area contributed by atoms with Crippen LogP contribution in [0.2, 0.25) is 5.02 Å². The second kappa shape index (κ2) is 9.57. The summed E-state index contributed by atoms with van der Waals surface area (Å²) in [5.41, 5.74) is 1.05. The Labute approximate surface area is 155 Å². The molecular formula is C16H25ClIN3O. The zero-order valence-corrected chi connectivity index (χ0v) is 16.4. The van der Waals surface area contributed by atoms with Gasteiger partial charge in [-0.25, -0.2) is 0 Å². The van der Waals surface area contributed by atoms with Crippen LogP contribution in [0.1, 0.15) is 31.9 Å². The molecule has 3 atom stereocenters. The number of methoxy groups -OCH3 is 1. The summed E-state index contributed by atoms with van der Waals surface area (Å²) < 4.78 is 5.54. The Morgan fingerprint density at radius 2 is 2.23 bits per heavy atom. The van der Waals surface area contributed by atoms with Crippen LogP contribution in [0, 0.1) is 5.92 Å². The lowest BCUT2D eigenvalue weighted by molar-refractivity contribution is 0.111. The van der Waals surface area contributed by atoms with Crippen LogP contribution in [-0.4, -0.2) is 32.2 Å². The summed E-state index contributed by atoms with van der Waals surface area (Å²) in [6.45, 7) is 5.72. The number of hydrogen-bond donors (Lipinski definition) is 2. The monoisotopic (exact) mass is 437 g/mol. The Kier molecular flexibility index (Phi) is 8.49. The molecule has 6 heteroatoms. The van der Waals surface area contributed by atoms with E-state index in [1.54, 1.807) is 7.11 Å². The SMILES string of the molecule is CCNC(=NCC(OC)c1cccc(Cl)c1)NC1CC1C.I. The van der Waals surface area contributed by atoms with Gasteiger partial charge in [0.2, 0.25) is 0 Å². The van der Waals surface area contributed by atoms with Crippen LogP contribution in [0.5, 0.6) is 0 Å². The highest BCUT2D eigenvalue weighted by Gasteiger charge is 2.33. The van der Waals surface area contributed by atoms with E-state index in [-0.39, 0.29) is 30.1 Å². The first-order valence-corrected chi connectivity index (χ1v) is 7.85. The first-order chi connectivity index (χ1) is 10.1. The zero-order chi connectivity index (χ0) is 15.2. The second-order valence-corrected chi connectivity index (χ2v) is 5.90. The molecule has 1 aliphatic rings. The van der Waals surface area contributed by atoms with E-state index >= 15 is 0 Å². The molecule has 0 heterocycles. The molecule has 3 unspecified atom stereocenters. The number of nitrogens with one attached hydrogen (secondary N) is 2. The Morgan fingerprint density at radius 3 is 2.77 bits per heavy atom. The molecule has 2 rings (SSSR count). The third-order valence-electron chi connectivity index (χ3n) is 3.70. The summed E-state index contributed by atoms with van der Waals surface area (Å²) in [4.78, 5) is 4.63. The van der Waals surface area contributed by atoms with Crippen molar-refractivity contribution >= 4 is 41.5 Å². The number of benzene rings is 1. The van der Waals surface area contributed by atoms with Gasteiger partial charge in [0.25, 0.3) is 0 Å². The Bertz CT molecular complexity index is 498. The maximum atomic E-state index is 6.04. The summed E-state index contributed by atoms with van der Waals surface area (Å²) in [5, 5.41) is 7.43. The molecule has 1 aliphatic carbocycles. The van der Waals surface area contributed by atoms with Gasteiger partial charge in [-0.15, -0.1) is 24.0 Å². The normalized spacial score (nSPS) is 21.7. The molecule has 0 bridgehead atoms. The zero-order valence-electron chi connectivity index (χ0n) is 13.3. The van der Waals surface area contributed by atoms with Gasteiger partial charge in [0.05, 0.1) is 6.54 Å². The average Bonchev–Trinajstić information content (AvgIpc) is 3.15. The Morgan fingerprint density at radius 1 is 1.50 bits per heavy atom. The van der Waals surface area contributed by atoms with E-state index in [0.717, 1.165) is 29.0 Å². The molecular weight excluding hydrogens is 413 g/mol. The minimum absolute atomic E-state index is 0. The number of ether oxygens (including phenoxy) is 1. The van der Waals surface area contributed by atoms with Crippen LogP contribution in [0.4, 0.5) is 0 Å². The van der Waals surface area contributed by atoms with E-state index in [4.69, 9.17) is 16.3 Å². The maximum absolute atomic E-state index is 6.04. The lowest BCUT2D eigenvalue weighted by Gasteiger charge is -2.16. The molecule has 0 aromatic heterocycles. The first-order valence-electron chi connectivity index (χ1n) is 7.47. The minimum atomic E-state index is -0.0872. The maximum Gasteiger partial charge on any atom is 0.191 e. The fourth-order valence-electron chi connectivity index (χ4n) is 2.22. The van der Waals surface area contributed by atoms with Gasteiger partial charge in [0.15, 0.2) is 5.96 Å². The van der Waals surface area contributed by atoms with Crippen LogP contribution in [-0.2, 0) is 4.74 Å². The number of nitrogens with zero attached hydrogens (tertiary/aromatic N) is 1. The molecule has 0 aliphatic heterocycles. The third-order valence-corrected chi connectivity index (χ3v) is 3.93. The van der Waals surface area contributed by atoms with Gasteiger partial charge in [-0.1, -0.05) is 30.7 Å². The fraction of sp³-hybridized carbons (Fsp3) is 0.562. The van der Waals surface area contributed by atoms with Gasteiger partial charge < -0.3 is 15.4 Å². The highest BCUT2D eigenvalue weighted by molar-refractivity contribution is 14.0. The smallest absolute Gasteiger partial charge is 0.191 e. The Balaban J connectivity index is 0.00000242. The van der Waals surface area contributed by atoms with Gasteiger partial charge in [-0.2, -0.15) is 0 Å². The number of guanidine groups is 1. The van der Waals surface area contributed by atoms with Crippen LogP contribution >= 0.6 is 35.6 Å². The first kappa shape index (κ1) is 19.5. The largest absolute Gasteiger partial charge is 0.375 e. The number of aliphatic imine (C=N–C) groups is 1. The van der Waals surface area contributed by atoms with Crippen molar-refractivity contribution in [2.24, 2.45) is 10.9 Å². The molecule has 1 saturated carbocycles. The summed E-state index contributed by atoms with van der Waals surface area (Å²) in [5.74, 6) is 1.59. The van der Waals surface area contributed by atoms with E-state index in [1.807, 2.05) is 24.3 Å². The molecule has 4 nitrogen and oxygen atoms in total. The molecule has 1 aromatic rings. The number of rotatable bonds is 6. The molecule has 0 saturated heterocycles. The van der Waals surface area contributed by atoms with Crippen LogP contribution in [0.25, 0.3) is 0 Å².